The second kappa shape index (κ2) is 9.36. The first-order valence-electron chi connectivity index (χ1n) is 3.27. The van der Waals surface area contributed by atoms with Gasteiger partial charge in [-0.15, -0.1) is 11.8 Å². The molecular weight excluding hydrogens is 164 g/mol. The normalized spacial score (nSPS) is 11.0. The molecule has 0 amide bonds. The Labute approximate surface area is 71.1 Å². The molecule has 0 aliphatic heterocycles. The number of nitrogens with two attached hydrogens (primary N) is 1. The van der Waals surface area contributed by atoms with Gasteiger partial charge in [-0.2, -0.15) is 0 Å². The zero-order valence-corrected chi connectivity index (χ0v) is 7.80. The van der Waals surface area contributed by atoms with Gasteiger partial charge in [-0.05, 0) is 10.8 Å². The molecule has 0 aromatic rings. The Morgan fingerprint density at radius 2 is 2.30 bits per heavy atom. The number of thioether (sulfide) groups is 1. The molecular formula is C6H14N2S2. The Balaban J connectivity index is 2.89. The number of hydrogen-bond donors (Lipinski definition) is 2. The highest BCUT2D eigenvalue weighted by atomic mass is 32.2. The van der Waals surface area contributed by atoms with Crippen molar-refractivity contribution < 1.29 is 0 Å². The molecule has 4 heteroatoms. The van der Waals surface area contributed by atoms with Crippen LogP contribution in [-0.2, 0) is 0 Å². The largest absolute Gasteiger partial charge is 0.330 e. The number of nitrogens with one attached hydrogen (secondary N) is 1. The Hall–Kier alpha value is 0.360. The van der Waals surface area contributed by atoms with Crippen molar-refractivity contribution >= 4 is 23.7 Å². The van der Waals surface area contributed by atoms with E-state index < -0.39 is 0 Å². The van der Waals surface area contributed by atoms with E-state index in [0.717, 1.165) is 18.8 Å². The summed E-state index contributed by atoms with van der Waals surface area (Å²) in [6.45, 7) is 3.82. The van der Waals surface area contributed by atoms with Crippen LogP contribution >= 0.6 is 23.7 Å². The Morgan fingerprint density at radius 1 is 1.50 bits per heavy atom. The highest BCUT2D eigenvalue weighted by Crippen LogP contribution is 2.04. The molecule has 0 aromatic carbocycles. The fourth-order valence-corrected chi connectivity index (χ4v) is 1.41. The van der Waals surface area contributed by atoms with E-state index in [9.17, 15) is 0 Å². The van der Waals surface area contributed by atoms with Crippen molar-refractivity contribution in [3.8, 4) is 0 Å². The van der Waals surface area contributed by atoms with E-state index in [2.05, 4.69) is 17.1 Å². The molecule has 0 radical (unpaired) electrons. The van der Waals surface area contributed by atoms with Crippen LogP contribution in [0.2, 0.25) is 0 Å². The van der Waals surface area contributed by atoms with Gasteiger partial charge >= 0.3 is 0 Å². The highest BCUT2D eigenvalue weighted by molar-refractivity contribution is 8.04. The SMILES string of the molecule is CCNSC=CSCCN. The maximum atomic E-state index is 5.29. The monoisotopic (exact) mass is 178 g/mol. The minimum absolute atomic E-state index is 0.751. The van der Waals surface area contributed by atoms with Crippen molar-refractivity contribution in [1.29, 1.82) is 0 Å². The van der Waals surface area contributed by atoms with Crippen molar-refractivity contribution in [1.82, 2.24) is 4.72 Å². The van der Waals surface area contributed by atoms with Crippen LogP contribution in [0.5, 0.6) is 0 Å². The summed E-state index contributed by atoms with van der Waals surface area (Å²) in [5.41, 5.74) is 5.29. The van der Waals surface area contributed by atoms with Gasteiger partial charge in [0.05, 0.1) is 0 Å². The van der Waals surface area contributed by atoms with Crippen molar-refractivity contribution in [3.05, 3.63) is 10.8 Å². The van der Waals surface area contributed by atoms with E-state index in [1.165, 1.54) is 0 Å². The standard InChI is InChI=1S/C6H14N2S2/c1-2-8-10-6-5-9-4-3-7/h5-6,8H,2-4,7H2,1H3. The quantitative estimate of drug-likeness (QED) is 0.476. The molecule has 0 saturated heterocycles. The molecule has 0 unspecified atom stereocenters. The summed E-state index contributed by atoms with van der Waals surface area (Å²) in [4.78, 5) is 0. The molecule has 0 aliphatic carbocycles. The lowest BCUT2D eigenvalue weighted by molar-refractivity contribution is 1.04. The predicted molar refractivity (Wildman–Crippen MR) is 51.9 cm³/mol. The molecule has 0 rings (SSSR count). The van der Waals surface area contributed by atoms with Gasteiger partial charge in [-0.1, -0.05) is 18.9 Å². The lowest BCUT2D eigenvalue weighted by atomic mass is 10.8. The average molecular weight is 178 g/mol. The maximum Gasteiger partial charge on any atom is 0.00975 e. The van der Waals surface area contributed by atoms with E-state index in [1.807, 2.05) is 5.41 Å². The minimum Gasteiger partial charge on any atom is -0.330 e. The third-order valence-electron chi connectivity index (χ3n) is 0.683. The average Bonchev–Trinajstić information content (AvgIpc) is 1.97. The summed E-state index contributed by atoms with van der Waals surface area (Å²) in [6, 6.07) is 0. The first-order chi connectivity index (χ1) is 4.91. The van der Waals surface area contributed by atoms with Gasteiger partial charge in [0.15, 0.2) is 0 Å². The third kappa shape index (κ3) is 8.36. The summed E-state index contributed by atoms with van der Waals surface area (Å²) in [5, 5.41) is 4.09. The van der Waals surface area contributed by atoms with Crippen LogP contribution in [0.15, 0.2) is 10.8 Å². The summed E-state index contributed by atoms with van der Waals surface area (Å²) >= 11 is 3.35. The van der Waals surface area contributed by atoms with Crippen molar-refractivity contribution in [2.45, 2.75) is 6.92 Å². The van der Waals surface area contributed by atoms with Gasteiger partial charge in [0.1, 0.15) is 0 Å². The first kappa shape index (κ1) is 10.4. The highest BCUT2D eigenvalue weighted by Gasteiger charge is 1.77. The summed E-state index contributed by atoms with van der Waals surface area (Å²) in [5.74, 6) is 1.00. The van der Waals surface area contributed by atoms with Gasteiger partial charge < -0.3 is 5.73 Å². The molecule has 0 saturated carbocycles. The summed E-state index contributed by atoms with van der Waals surface area (Å²) in [6.07, 6.45) is 0. The van der Waals surface area contributed by atoms with Gasteiger partial charge in [0.25, 0.3) is 0 Å². The van der Waals surface area contributed by atoms with E-state index in [0.29, 0.717) is 0 Å². The zero-order valence-electron chi connectivity index (χ0n) is 6.17. The van der Waals surface area contributed by atoms with Crippen LogP contribution in [-0.4, -0.2) is 18.8 Å². The van der Waals surface area contributed by atoms with Crippen LogP contribution in [0.4, 0.5) is 0 Å². The molecule has 2 nitrogen and oxygen atoms in total. The van der Waals surface area contributed by atoms with E-state index in [4.69, 9.17) is 5.73 Å². The van der Waals surface area contributed by atoms with E-state index in [1.54, 1.807) is 23.7 Å². The fraction of sp³-hybridized carbons (Fsp3) is 0.667. The Morgan fingerprint density at radius 3 is 2.90 bits per heavy atom. The molecule has 0 fully saturated rings. The lowest BCUT2D eigenvalue weighted by Crippen LogP contribution is -2.00. The molecule has 0 spiro atoms. The van der Waals surface area contributed by atoms with Crippen LogP contribution in [0.3, 0.4) is 0 Å². The smallest absolute Gasteiger partial charge is 0.00975 e. The maximum absolute atomic E-state index is 5.29. The predicted octanol–water partition coefficient (Wildman–Crippen LogP) is 1.41. The molecule has 60 valence electrons. The molecule has 0 bridgehead atoms. The first-order valence-corrected chi connectivity index (χ1v) is 5.19. The van der Waals surface area contributed by atoms with Crippen molar-refractivity contribution in [2.24, 2.45) is 5.73 Å². The third-order valence-corrected chi connectivity index (χ3v) is 2.38. The molecule has 0 aromatic heterocycles. The molecule has 0 atom stereocenters. The van der Waals surface area contributed by atoms with Gasteiger partial charge in [0.2, 0.25) is 0 Å². The fourth-order valence-electron chi connectivity index (χ4n) is 0.335. The van der Waals surface area contributed by atoms with Gasteiger partial charge in [-0.3, -0.25) is 4.72 Å². The Kier molecular flexibility index (Phi) is 9.70. The van der Waals surface area contributed by atoms with Crippen molar-refractivity contribution in [3.63, 3.8) is 0 Å². The summed E-state index contributed by atoms with van der Waals surface area (Å²) < 4.78 is 3.11. The lowest BCUT2D eigenvalue weighted by Gasteiger charge is -1.91. The topological polar surface area (TPSA) is 38.0 Å². The van der Waals surface area contributed by atoms with Crippen LogP contribution in [0.1, 0.15) is 6.92 Å². The van der Waals surface area contributed by atoms with Gasteiger partial charge in [-0.25, -0.2) is 0 Å². The summed E-state index contributed by atoms with van der Waals surface area (Å²) in [7, 11) is 0. The van der Waals surface area contributed by atoms with E-state index >= 15 is 0 Å². The van der Waals surface area contributed by atoms with Gasteiger partial charge in [0, 0.05) is 18.8 Å². The zero-order chi connectivity index (χ0) is 7.66. The van der Waals surface area contributed by atoms with Crippen LogP contribution in [0.25, 0.3) is 0 Å². The second-order valence-electron chi connectivity index (χ2n) is 1.55. The number of hydrogen-bond acceptors (Lipinski definition) is 4. The van der Waals surface area contributed by atoms with Crippen molar-refractivity contribution in [2.75, 3.05) is 18.8 Å². The second-order valence-corrected chi connectivity index (χ2v) is 3.36. The Bertz CT molecular complexity index is 75.8. The van der Waals surface area contributed by atoms with E-state index in [-0.39, 0.29) is 0 Å². The number of rotatable bonds is 6. The molecule has 0 aliphatic rings. The van der Waals surface area contributed by atoms with Crippen LogP contribution in [0, 0.1) is 0 Å². The molecule has 10 heavy (non-hydrogen) atoms. The minimum atomic E-state index is 0.751. The van der Waals surface area contributed by atoms with Crippen LogP contribution < -0.4 is 10.5 Å². The molecule has 3 N–H and O–H groups in total. The molecule has 0 heterocycles.